The lowest BCUT2D eigenvalue weighted by Gasteiger charge is -2.04. The van der Waals surface area contributed by atoms with Crippen molar-refractivity contribution in [1.29, 1.82) is 0 Å². The molecule has 2 rings (SSSR count). The second kappa shape index (κ2) is 3.74. The maximum atomic E-state index is 10.6. The van der Waals surface area contributed by atoms with Crippen molar-refractivity contribution in [3.8, 4) is 0 Å². The van der Waals surface area contributed by atoms with Gasteiger partial charge in [-0.25, -0.2) is 4.85 Å². The average Bonchev–Trinajstić information content (AvgIpc) is 3.00. The SMILES string of the molecule is [C-]#[N+]c1ccc(CC(=O)O)cc1C1CC1. The molecule has 0 radical (unpaired) electrons. The van der Waals surface area contributed by atoms with Gasteiger partial charge in [-0.3, -0.25) is 4.79 Å². The minimum atomic E-state index is -0.827. The molecule has 1 aliphatic carbocycles. The van der Waals surface area contributed by atoms with E-state index in [-0.39, 0.29) is 6.42 Å². The topological polar surface area (TPSA) is 41.7 Å². The first-order chi connectivity index (χ1) is 7.20. The fourth-order valence-corrected chi connectivity index (χ4v) is 1.71. The Hall–Kier alpha value is -1.82. The molecule has 0 atom stereocenters. The van der Waals surface area contributed by atoms with E-state index < -0.39 is 5.97 Å². The smallest absolute Gasteiger partial charge is 0.307 e. The summed E-state index contributed by atoms with van der Waals surface area (Å²) in [6.07, 6.45) is 2.29. The Kier molecular flexibility index (Phi) is 2.42. The van der Waals surface area contributed by atoms with E-state index in [0.29, 0.717) is 11.6 Å². The van der Waals surface area contributed by atoms with Crippen LogP contribution in [-0.4, -0.2) is 11.1 Å². The number of carboxylic acid groups (broad SMARTS) is 1. The second-order valence-corrected chi connectivity index (χ2v) is 3.85. The van der Waals surface area contributed by atoms with Crippen LogP contribution in [0.3, 0.4) is 0 Å². The molecule has 0 heterocycles. The first-order valence-corrected chi connectivity index (χ1v) is 4.93. The van der Waals surface area contributed by atoms with Gasteiger partial charge in [0.15, 0.2) is 5.69 Å². The van der Waals surface area contributed by atoms with Crippen LogP contribution in [-0.2, 0) is 11.2 Å². The van der Waals surface area contributed by atoms with E-state index in [0.717, 1.165) is 24.0 Å². The molecule has 3 heteroatoms. The normalized spacial score (nSPS) is 14.6. The van der Waals surface area contributed by atoms with Gasteiger partial charge >= 0.3 is 5.97 Å². The molecule has 3 nitrogen and oxygen atoms in total. The van der Waals surface area contributed by atoms with Gasteiger partial charge in [0, 0.05) is 0 Å². The van der Waals surface area contributed by atoms with Crippen molar-refractivity contribution in [3.63, 3.8) is 0 Å². The quantitative estimate of drug-likeness (QED) is 0.764. The Morgan fingerprint density at radius 1 is 1.53 bits per heavy atom. The monoisotopic (exact) mass is 201 g/mol. The van der Waals surface area contributed by atoms with E-state index in [2.05, 4.69) is 4.85 Å². The second-order valence-electron chi connectivity index (χ2n) is 3.85. The standard InChI is InChI=1S/C12H11NO2/c1-13-11-5-2-8(7-12(14)15)6-10(11)9-3-4-9/h2,5-6,9H,3-4,7H2,(H,14,15). The third-order valence-corrected chi connectivity index (χ3v) is 2.58. The molecule has 1 fully saturated rings. The zero-order valence-electron chi connectivity index (χ0n) is 8.23. The summed E-state index contributed by atoms with van der Waals surface area (Å²) < 4.78 is 0. The molecule has 0 bridgehead atoms. The van der Waals surface area contributed by atoms with Crippen LogP contribution in [0.2, 0.25) is 0 Å². The van der Waals surface area contributed by atoms with Crippen LogP contribution in [0.4, 0.5) is 5.69 Å². The van der Waals surface area contributed by atoms with Crippen LogP contribution in [0.1, 0.15) is 29.9 Å². The number of nitrogens with zero attached hydrogens (tertiary/aromatic N) is 1. The Bertz CT molecular complexity index is 441. The van der Waals surface area contributed by atoms with Gasteiger partial charge in [-0.2, -0.15) is 0 Å². The van der Waals surface area contributed by atoms with Crippen LogP contribution < -0.4 is 0 Å². The average molecular weight is 201 g/mol. The molecule has 76 valence electrons. The van der Waals surface area contributed by atoms with E-state index >= 15 is 0 Å². The Morgan fingerprint density at radius 3 is 2.80 bits per heavy atom. The molecule has 1 aliphatic rings. The number of hydrogen-bond acceptors (Lipinski definition) is 1. The molecule has 1 N–H and O–H groups in total. The van der Waals surface area contributed by atoms with E-state index in [1.165, 1.54) is 0 Å². The molecule has 0 unspecified atom stereocenters. The van der Waals surface area contributed by atoms with E-state index in [1.54, 1.807) is 12.1 Å². The highest BCUT2D eigenvalue weighted by atomic mass is 16.4. The van der Waals surface area contributed by atoms with Crippen LogP contribution in [0, 0.1) is 6.57 Å². The third-order valence-electron chi connectivity index (χ3n) is 2.58. The summed E-state index contributed by atoms with van der Waals surface area (Å²) in [5, 5.41) is 8.68. The highest BCUT2D eigenvalue weighted by Gasteiger charge is 2.26. The fraction of sp³-hybridized carbons (Fsp3) is 0.333. The maximum Gasteiger partial charge on any atom is 0.307 e. The van der Waals surface area contributed by atoms with Crippen molar-refractivity contribution in [2.75, 3.05) is 0 Å². The first kappa shape index (κ1) is 9.72. The number of benzene rings is 1. The Balaban J connectivity index is 2.32. The summed E-state index contributed by atoms with van der Waals surface area (Å²) in [7, 11) is 0. The summed E-state index contributed by atoms with van der Waals surface area (Å²) in [6, 6.07) is 5.34. The molecule has 0 aromatic heterocycles. The van der Waals surface area contributed by atoms with Crippen LogP contribution in [0.5, 0.6) is 0 Å². The summed E-state index contributed by atoms with van der Waals surface area (Å²) >= 11 is 0. The highest BCUT2D eigenvalue weighted by Crippen LogP contribution is 2.44. The summed E-state index contributed by atoms with van der Waals surface area (Å²) in [6.45, 7) is 7.03. The van der Waals surface area contributed by atoms with Crippen LogP contribution in [0.15, 0.2) is 18.2 Å². The number of carbonyl (C=O) groups is 1. The molecular weight excluding hydrogens is 190 g/mol. The predicted molar refractivity (Wildman–Crippen MR) is 56.0 cm³/mol. The van der Waals surface area contributed by atoms with Crippen molar-refractivity contribution in [1.82, 2.24) is 0 Å². The van der Waals surface area contributed by atoms with Gasteiger partial charge < -0.3 is 5.11 Å². The number of carboxylic acids is 1. The van der Waals surface area contributed by atoms with Crippen LogP contribution in [0.25, 0.3) is 4.85 Å². The van der Waals surface area contributed by atoms with Crippen molar-refractivity contribution in [3.05, 3.63) is 40.7 Å². The molecule has 0 spiro atoms. The zero-order chi connectivity index (χ0) is 10.8. The Morgan fingerprint density at radius 2 is 2.27 bits per heavy atom. The van der Waals surface area contributed by atoms with Crippen molar-refractivity contribution >= 4 is 11.7 Å². The van der Waals surface area contributed by atoms with E-state index in [1.807, 2.05) is 6.07 Å². The first-order valence-electron chi connectivity index (χ1n) is 4.93. The summed E-state index contributed by atoms with van der Waals surface area (Å²) in [4.78, 5) is 14.0. The van der Waals surface area contributed by atoms with Gasteiger partial charge in [0.2, 0.25) is 0 Å². The predicted octanol–water partition coefficient (Wildman–Crippen LogP) is 2.74. The highest BCUT2D eigenvalue weighted by molar-refractivity contribution is 5.71. The lowest BCUT2D eigenvalue weighted by molar-refractivity contribution is -0.136. The Labute approximate surface area is 88.2 Å². The molecule has 1 aromatic carbocycles. The van der Waals surface area contributed by atoms with Crippen LogP contribution >= 0.6 is 0 Å². The lowest BCUT2D eigenvalue weighted by Crippen LogP contribution is -2.00. The molecule has 1 aromatic rings. The fourth-order valence-electron chi connectivity index (χ4n) is 1.71. The molecule has 0 aliphatic heterocycles. The maximum absolute atomic E-state index is 10.6. The molecule has 15 heavy (non-hydrogen) atoms. The summed E-state index contributed by atoms with van der Waals surface area (Å²) in [5.41, 5.74) is 2.49. The van der Waals surface area contributed by atoms with Gasteiger partial charge in [-0.05, 0) is 29.9 Å². The van der Waals surface area contributed by atoms with Crippen molar-refractivity contribution in [2.24, 2.45) is 0 Å². The number of hydrogen-bond donors (Lipinski definition) is 1. The molecule has 0 saturated heterocycles. The number of rotatable bonds is 3. The molecular formula is C12H11NO2. The third kappa shape index (κ3) is 2.16. The van der Waals surface area contributed by atoms with E-state index in [4.69, 9.17) is 11.7 Å². The van der Waals surface area contributed by atoms with E-state index in [9.17, 15) is 4.79 Å². The zero-order valence-corrected chi connectivity index (χ0v) is 8.23. The van der Waals surface area contributed by atoms with Gasteiger partial charge in [-0.1, -0.05) is 18.2 Å². The van der Waals surface area contributed by atoms with Gasteiger partial charge in [0.1, 0.15) is 0 Å². The van der Waals surface area contributed by atoms with Crippen molar-refractivity contribution < 1.29 is 9.90 Å². The minimum absolute atomic E-state index is 0.0397. The molecule has 0 amide bonds. The summed E-state index contributed by atoms with van der Waals surface area (Å²) in [5.74, 6) is -0.338. The number of aliphatic carboxylic acids is 1. The van der Waals surface area contributed by atoms with Gasteiger partial charge in [-0.15, -0.1) is 0 Å². The minimum Gasteiger partial charge on any atom is -0.481 e. The lowest BCUT2D eigenvalue weighted by atomic mass is 10.0. The van der Waals surface area contributed by atoms with Gasteiger partial charge in [0.05, 0.1) is 13.0 Å². The largest absolute Gasteiger partial charge is 0.481 e. The van der Waals surface area contributed by atoms with Gasteiger partial charge in [0.25, 0.3) is 0 Å². The molecule has 1 saturated carbocycles. The van der Waals surface area contributed by atoms with Crippen molar-refractivity contribution in [2.45, 2.75) is 25.2 Å².